The minimum absolute atomic E-state index is 0.744. The summed E-state index contributed by atoms with van der Waals surface area (Å²) in [5, 5.41) is 6.81. The van der Waals surface area contributed by atoms with Gasteiger partial charge in [-0.15, -0.1) is 0 Å². The molecule has 7 nitrogen and oxygen atoms in total. The third kappa shape index (κ3) is 6.62. The largest absolute Gasteiger partial charge is 0.469 e. The van der Waals surface area contributed by atoms with E-state index < -0.39 is 0 Å². The first kappa shape index (κ1) is 21.9. The normalized spacial score (nSPS) is 11.9. The second-order valence-corrected chi connectivity index (χ2v) is 7.12. The number of aryl methyl sites for hydroxylation is 2. The van der Waals surface area contributed by atoms with Crippen LogP contribution in [0.4, 0.5) is 0 Å². The summed E-state index contributed by atoms with van der Waals surface area (Å²) >= 11 is 0. The summed E-state index contributed by atoms with van der Waals surface area (Å²) in [7, 11) is 0. The van der Waals surface area contributed by atoms with Crippen molar-refractivity contribution >= 4 is 17.0 Å². The standard InChI is InChI=1S/C23H33N5O2/c1-3-29-17-8-14-25-23(26-15-12-20-9-6-18-30-20)24-13-7-16-28-19(2)27-21-10-4-5-11-22(21)28/h4-6,9-11,18H,3,7-8,12-17H2,1-2H3,(H2,24,25,26). The summed E-state index contributed by atoms with van der Waals surface area (Å²) in [4.78, 5) is 9.40. The monoisotopic (exact) mass is 411 g/mol. The molecule has 30 heavy (non-hydrogen) atoms. The molecule has 0 aliphatic heterocycles. The molecule has 3 aromatic rings. The molecule has 0 bridgehead atoms. The Morgan fingerprint density at radius 1 is 1.13 bits per heavy atom. The Hall–Kier alpha value is -2.80. The smallest absolute Gasteiger partial charge is 0.191 e. The maximum absolute atomic E-state index is 5.41. The second kappa shape index (κ2) is 12.0. The van der Waals surface area contributed by atoms with Crippen LogP contribution in [0.3, 0.4) is 0 Å². The Kier molecular flexibility index (Phi) is 8.78. The van der Waals surface area contributed by atoms with Crippen LogP contribution in [0.25, 0.3) is 11.0 Å². The first-order valence-electron chi connectivity index (χ1n) is 10.8. The highest BCUT2D eigenvalue weighted by Crippen LogP contribution is 2.15. The van der Waals surface area contributed by atoms with Gasteiger partial charge < -0.3 is 24.4 Å². The lowest BCUT2D eigenvalue weighted by atomic mass is 10.3. The van der Waals surface area contributed by atoms with Crippen LogP contribution in [0.1, 0.15) is 31.4 Å². The molecule has 0 atom stereocenters. The molecule has 0 unspecified atom stereocenters. The zero-order chi connectivity index (χ0) is 21.0. The number of imidazole rings is 1. The van der Waals surface area contributed by atoms with Crippen LogP contribution in [-0.4, -0.2) is 48.4 Å². The molecule has 0 spiro atoms. The number of furan rings is 1. The highest BCUT2D eigenvalue weighted by molar-refractivity contribution is 5.79. The fourth-order valence-electron chi connectivity index (χ4n) is 3.36. The van der Waals surface area contributed by atoms with E-state index in [0.717, 1.165) is 81.7 Å². The quantitative estimate of drug-likeness (QED) is 0.271. The van der Waals surface area contributed by atoms with Gasteiger partial charge in [0.05, 0.1) is 17.3 Å². The van der Waals surface area contributed by atoms with Gasteiger partial charge in [-0.2, -0.15) is 0 Å². The van der Waals surface area contributed by atoms with E-state index in [-0.39, 0.29) is 0 Å². The summed E-state index contributed by atoms with van der Waals surface area (Å²) in [6, 6.07) is 12.2. The van der Waals surface area contributed by atoms with Gasteiger partial charge in [0.25, 0.3) is 0 Å². The lowest BCUT2D eigenvalue weighted by Crippen LogP contribution is -2.39. The van der Waals surface area contributed by atoms with Crippen LogP contribution < -0.4 is 10.6 Å². The highest BCUT2D eigenvalue weighted by Gasteiger charge is 2.06. The van der Waals surface area contributed by atoms with Crippen molar-refractivity contribution in [2.24, 2.45) is 4.99 Å². The number of guanidine groups is 1. The summed E-state index contributed by atoms with van der Waals surface area (Å²) < 4.78 is 13.1. The molecule has 0 amide bonds. The number of hydrogen-bond donors (Lipinski definition) is 2. The topological polar surface area (TPSA) is 76.6 Å². The van der Waals surface area contributed by atoms with Crippen LogP contribution in [0, 0.1) is 6.92 Å². The lowest BCUT2D eigenvalue weighted by molar-refractivity contribution is 0.145. The van der Waals surface area contributed by atoms with Gasteiger partial charge in [-0.05, 0) is 51.0 Å². The predicted molar refractivity (Wildman–Crippen MR) is 121 cm³/mol. The second-order valence-electron chi connectivity index (χ2n) is 7.12. The van der Waals surface area contributed by atoms with Crippen molar-refractivity contribution in [3.63, 3.8) is 0 Å². The van der Waals surface area contributed by atoms with Crippen molar-refractivity contribution in [1.82, 2.24) is 20.2 Å². The van der Waals surface area contributed by atoms with Crippen molar-refractivity contribution in [2.45, 2.75) is 39.7 Å². The van der Waals surface area contributed by atoms with Gasteiger partial charge in [-0.3, -0.25) is 4.99 Å². The first-order chi connectivity index (χ1) is 14.8. The molecule has 0 saturated carbocycles. The molecule has 162 valence electrons. The average Bonchev–Trinajstić information content (AvgIpc) is 3.38. The predicted octanol–water partition coefficient (Wildman–Crippen LogP) is 3.53. The van der Waals surface area contributed by atoms with Gasteiger partial charge in [0, 0.05) is 45.8 Å². The number of ether oxygens (including phenoxy) is 1. The third-order valence-corrected chi connectivity index (χ3v) is 4.86. The van der Waals surface area contributed by atoms with Crippen molar-refractivity contribution in [3.05, 3.63) is 54.2 Å². The third-order valence-electron chi connectivity index (χ3n) is 4.86. The highest BCUT2D eigenvalue weighted by atomic mass is 16.5. The minimum atomic E-state index is 0.744. The molecular weight excluding hydrogens is 378 g/mol. The summed E-state index contributed by atoms with van der Waals surface area (Å²) in [5.41, 5.74) is 2.24. The number of para-hydroxylation sites is 2. The number of benzene rings is 1. The first-order valence-corrected chi connectivity index (χ1v) is 10.8. The van der Waals surface area contributed by atoms with Crippen molar-refractivity contribution < 1.29 is 9.15 Å². The van der Waals surface area contributed by atoms with Crippen LogP contribution in [0.2, 0.25) is 0 Å². The molecule has 2 N–H and O–H groups in total. The maximum atomic E-state index is 5.41. The van der Waals surface area contributed by atoms with E-state index in [4.69, 9.17) is 14.1 Å². The summed E-state index contributed by atoms with van der Waals surface area (Å²) in [5.74, 6) is 2.86. The Morgan fingerprint density at radius 2 is 2.00 bits per heavy atom. The van der Waals surface area contributed by atoms with Gasteiger partial charge in [0.15, 0.2) is 5.96 Å². The number of aliphatic imine (C=N–C) groups is 1. The number of nitrogens with zero attached hydrogens (tertiary/aromatic N) is 3. The van der Waals surface area contributed by atoms with Crippen molar-refractivity contribution in [2.75, 3.05) is 32.8 Å². The van der Waals surface area contributed by atoms with Crippen LogP contribution in [0.5, 0.6) is 0 Å². The van der Waals surface area contributed by atoms with Crippen LogP contribution in [0.15, 0.2) is 52.1 Å². The molecule has 2 heterocycles. The number of aromatic nitrogens is 2. The Morgan fingerprint density at radius 3 is 2.83 bits per heavy atom. The molecule has 3 rings (SSSR count). The summed E-state index contributed by atoms with van der Waals surface area (Å²) in [6.45, 7) is 8.84. The molecule has 0 aliphatic carbocycles. The molecule has 0 aliphatic rings. The van der Waals surface area contributed by atoms with Gasteiger partial charge in [-0.25, -0.2) is 4.98 Å². The number of rotatable bonds is 12. The fourth-order valence-corrected chi connectivity index (χ4v) is 3.36. The van der Waals surface area contributed by atoms with E-state index in [2.05, 4.69) is 45.3 Å². The zero-order valence-corrected chi connectivity index (χ0v) is 18.1. The van der Waals surface area contributed by atoms with Gasteiger partial charge in [-0.1, -0.05) is 12.1 Å². The van der Waals surface area contributed by atoms with E-state index >= 15 is 0 Å². The Bertz CT molecular complexity index is 902. The summed E-state index contributed by atoms with van der Waals surface area (Å²) in [6.07, 6.45) is 4.43. The average molecular weight is 412 g/mol. The van der Waals surface area contributed by atoms with Gasteiger partial charge in [0.1, 0.15) is 11.6 Å². The molecule has 1 aromatic carbocycles. The lowest BCUT2D eigenvalue weighted by Gasteiger charge is -2.12. The Balaban J connectivity index is 1.49. The van der Waals surface area contributed by atoms with E-state index in [0.29, 0.717) is 0 Å². The van der Waals surface area contributed by atoms with E-state index in [1.165, 1.54) is 5.52 Å². The van der Waals surface area contributed by atoms with Crippen molar-refractivity contribution in [1.29, 1.82) is 0 Å². The van der Waals surface area contributed by atoms with Crippen molar-refractivity contribution in [3.8, 4) is 0 Å². The van der Waals surface area contributed by atoms with Gasteiger partial charge >= 0.3 is 0 Å². The number of nitrogens with one attached hydrogen (secondary N) is 2. The number of hydrogen-bond acceptors (Lipinski definition) is 4. The zero-order valence-electron chi connectivity index (χ0n) is 18.1. The SMILES string of the molecule is CCOCCCNC(=NCCCn1c(C)nc2ccccc21)NCCc1ccco1. The molecule has 0 radical (unpaired) electrons. The van der Waals surface area contributed by atoms with Crippen LogP contribution >= 0.6 is 0 Å². The molecule has 7 heteroatoms. The molecule has 0 fully saturated rings. The fraction of sp³-hybridized carbons (Fsp3) is 0.478. The molecular formula is C23H33N5O2. The molecule has 2 aromatic heterocycles. The van der Waals surface area contributed by atoms with Crippen LogP contribution in [-0.2, 0) is 17.7 Å². The van der Waals surface area contributed by atoms with E-state index in [1.54, 1.807) is 6.26 Å². The van der Waals surface area contributed by atoms with Gasteiger partial charge in [0.2, 0.25) is 0 Å². The molecule has 0 saturated heterocycles. The van der Waals surface area contributed by atoms with E-state index in [9.17, 15) is 0 Å². The number of fused-ring (bicyclic) bond motifs is 1. The Labute approximate surface area is 178 Å². The minimum Gasteiger partial charge on any atom is -0.469 e. The van der Waals surface area contributed by atoms with E-state index in [1.807, 2.05) is 25.1 Å². The maximum Gasteiger partial charge on any atom is 0.191 e.